The molecule has 1 fully saturated rings. The Labute approximate surface area is 99.7 Å². The molecule has 1 heterocycles. The van der Waals surface area contributed by atoms with E-state index in [4.69, 9.17) is 0 Å². The molecule has 1 saturated heterocycles. The van der Waals surface area contributed by atoms with Crippen molar-refractivity contribution in [2.75, 3.05) is 13.1 Å². The number of piperidine rings is 1. The van der Waals surface area contributed by atoms with Crippen molar-refractivity contribution in [1.29, 1.82) is 0 Å². The van der Waals surface area contributed by atoms with Crippen LogP contribution < -0.4 is 5.32 Å². The summed E-state index contributed by atoms with van der Waals surface area (Å²) in [4.78, 5) is 0. The molecule has 4 heteroatoms. The smallest absolute Gasteiger partial charge is 0.254 e. The van der Waals surface area contributed by atoms with E-state index in [9.17, 15) is 13.9 Å². The van der Waals surface area contributed by atoms with Gasteiger partial charge in [0.15, 0.2) is 0 Å². The second-order valence-corrected chi connectivity index (χ2v) is 4.63. The number of hydrogen-bond donors (Lipinski definition) is 2. The molecule has 0 aliphatic carbocycles. The third kappa shape index (κ3) is 3.16. The Balaban J connectivity index is 2.05. The Kier molecular flexibility index (Phi) is 3.62. The van der Waals surface area contributed by atoms with E-state index in [1.54, 1.807) is 12.1 Å². The van der Waals surface area contributed by atoms with Crippen LogP contribution in [0.1, 0.15) is 18.4 Å². The zero-order chi connectivity index (χ0) is 12.3. The average molecular weight is 241 g/mol. The maximum atomic E-state index is 14.0. The Morgan fingerprint density at radius 1 is 1.29 bits per heavy atom. The lowest BCUT2D eigenvalue weighted by atomic mass is 9.87. The van der Waals surface area contributed by atoms with Crippen LogP contribution in [0, 0.1) is 5.92 Å². The summed E-state index contributed by atoms with van der Waals surface area (Å²) in [5.74, 6) is -3.19. The summed E-state index contributed by atoms with van der Waals surface area (Å²) < 4.78 is 28.0. The monoisotopic (exact) mass is 241 g/mol. The molecule has 17 heavy (non-hydrogen) atoms. The molecule has 2 N–H and O–H groups in total. The van der Waals surface area contributed by atoms with Gasteiger partial charge in [0.2, 0.25) is 0 Å². The minimum Gasteiger partial charge on any atom is -0.508 e. The van der Waals surface area contributed by atoms with Crippen molar-refractivity contribution in [3.05, 3.63) is 29.8 Å². The number of phenols is 1. The van der Waals surface area contributed by atoms with Gasteiger partial charge in [-0.05, 0) is 43.6 Å². The number of phenolic OH excluding ortho intramolecular Hbond substituents is 1. The Hall–Kier alpha value is -1.16. The second-order valence-electron chi connectivity index (χ2n) is 4.63. The van der Waals surface area contributed by atoms with Crippen molar-refractivity contribution in [3.8, 4) is 5.75 Å². The molecule has 2 rings (SSSR count). The first-order chi connectivity index (χ1) is 8.08. The van der Waals surface area contributed by atoms with Gasteiger partial charge in [0, 0.05) is 12.3 Å². The van der Waals surface area contributed by atoms with E-state index in [0.717, 1.165) is 0 Å². The number of alkyl halides is 2. The number of halogens is 2. The lowest BCUT2D eigenvalue weighted by molar-refractivity contribution is -0.0675. The predicted octanol–water partition coefficient (Wildman–Crippen LogP) is 2.57. The van der Waals surface area contributed by atoms with Gasteiger partial charge in [-0.25, -0.2) is 8.78 Å². The fourth-order valence-electron chi connectivity index (χ4n) is 2.33. The van der Waals surface area contributed by atoms with Crippen molar-refractivity contribution in [3.63, 3.8) is 0 Å². The summed E-state index contributed by atoms with van der Waals surface area (Å²) in [5.41, 5.74) is 0.494. The molecule has 0 saturated carbocycles. The molecule has 1 aliphatic rings. The van der Waals surface area contributed by atoms with Gasteiger partial charge in [0.25, 0.3) is 5.92 Å². The lowest BCUT2D eigenvalue weighted by Gasteiger charge is -2.30. The van der Waals surface area contributed by atoms with Crippen LogP contribution in [0.3, 0.4) is 0 Å². The van der Waals surface area contributed by atoms with Gasteiger partial charge in [0.05, 0.1) is 0 Å². The second kappa shape index (κ2) is 5.00. The molecule has 0 atom stereocenters. The zero-order valence-electron chi connectivity index (χ0n) is 9.63. The van der Waals surface area contributed by atoms with Crippen molar-refractivity contribution < 1.29 is 13.9 Å². The third-order valence-corrected chi connectivity index (χ3v) is 3.29. The molecular formula is C13H17F2NO. The molecule has 0 aromatic heterocycles. The summed E-state index contributed by atoms with van der Waals surface area (Å²) in [6.07, 6.45) is 0.754. The normalized spacial score (nSPS) is 18.2. The quantitative estimate of drug-likeness (QED) is 0.852. The van der Waals surface area contributed by atoms with Gasteiger partial charge < -0.3 is 10.4 Å². The molecule has 0 unspecified atom stereocenters. The molecular weight excluding hydrogens is 224 g/mol. The number of hydrogen-bond acceptors (Lipinski definition) is 2. The fraction of sp³-hybridized carbons (Fsp3) is 0.538. The van der Waals surface area contributed by atoms with E-state index >= 15 is 0 Å². The van der Waals surface area contributed by atoms with Gasteiger partial charge in [0.1, 0.15) is 5.75 Å². The lowest BCUT2D eigenvalue weighted by Crippen LogP contribution is -2.39. The summed E-state index contributed by atoms with van der Waals surface area (Å²) in [6, 6.07) is 6.14. The van der Waals surface area contributed by atoms with E-state index in [-0.39, 0.29) is 12.2 Å². The van der Waals surface area contributed by atoms with Crippen LogP contribution in [-0.2, 0) is 6.42 Å². The van der Waals surface area contributed by atoms with E-state index < -0.39 is 11.8 Å². The number of aromatic hydroxyl groups is 1. The van der Waals surface area contributed by atoms with Crippen LogP contribution >= 0.6 is 0 Å². The maximum absolute atomic E-state index is 14.0. The average Bonchev–Trinajstić information content (AvgIpc) is 2.29. The number of benzene rings is 1. The zero-order valence-corrected chi connectivity index (χ0v) is 9.63. The van der Waals surface area contributed by atoms with Crippen LogP contribution in [0.2, 0.25) is 0 Å². The third-order valence-electron chi connectivity index (χ3n) is 3.29. The van der Waals surface area contributed by atoms with Crippen LogP contribution in [0.15, 0.2) is 24.3 Å². The molecule has 94 valence electrons. The van der Waals surface area contributed by atoms with Crippen LogP contribution in [0.25, 0.3) is 0 Å². The Bertz CT molecular complexity index is 375. The first-order valence-corrected chi connectivity index (χ1v) is 5.94. The number of nitrogens with one attached hydrogen (secondary N) is 1. The molecule has 1 aliphatic heterocycles. The van der Waals surface area contributed by atoms with E-state index in [2.05, 4.69) is 5.32 Å². The minimum absolute atomic E-state index is 0.0450. The SMILES string of the molecule is Oc1cccc(CC(F)(F)C2CCNCC2)c1. The molecule has 0 spiro atoms. The van der Waals surface area contributed by atoms with Gasteiger partial charge in [-0.1, -0.05) is 12.1 Å². The van der Waals surface area contributed by atoms with E-state index in [1.807, 2.05) is 0 Å². The number of rotatable bonds is 3. The highest BCUT2D eigenvalue weighted by molar-refractivity contribution is 5.28. The fourth-order valence-corrected chi connectivity index (χ4v) is 2.33. The van der Waals surface area contributed by atoms with Gasteiger partial charge >= 0.3 is 0 Å². The summed E-state index contributed by atoms with van der Waals surface area (Å²) >= 11 is 0. The Morgan fingerprint density at radius 3 is 2.65 bits per heavy atom. The van der Waals surface area contributed by atoms with Crippen molar-refractivity contribution in [2.45, 2.75) is 25.2 Å². The summed E-state index contributed by atoms with van der Waals surface area (Å²) in [6.45, 7) is 1.33. The summed E-state index contributed by atoms with van der Waals surface area (Å²) in [5, 5.41) is 12.4. The minimum atomic E-state index is -2.68. The van der Waals surface area contributed by atoms with E-state index in [1.165, 1.54) is 12.1 Å². The van der Waals surface area contributed by atoms with Crippen molar-refractivity contribution in [2.24, 2.45) is 5.92 Å². The highest BCUT2D eigenvalue weighted by Crippen LogP contribution is 2.34. The van der Waals surface area contributed by atoms with Gasteiger partial charge in [-0.2, -0.15) is 0 Å². The summed E-state index contributed by atoms with van der Waals surface area (Å²) in [7, 11) is 0. The molecule has 0 amide bonds. The van der Waals surface area contributed by atoms with Crippen LogP contribution in [0.4, 0.5) is 8.78 Å². The first-order valence-electron chi connectivity index (χ1n) is 5.94. The largest absolute Gasteiger partial charge is 0.508 e. The highest BCUT2D eigenvalue weighted by Gasteiger charge is 2.39. The predicted molar refractivity (Wildman–Crippen MR) is 62.4 cm³/mol. The van der Waals surface area contributed by atoms with Crippen molar-refractivity contribution in [1.82, 2.24) is 5.32 Å². The van der Waals surface area contributed by atoms with Crippen molar-refractivity contribution >= 4 is 0 Å². The van der Waals surface area contributed by atoms with Crippen LogP contribution in [-0.4, -0.2) is 24.1 Å². The molecule has 1 aromatic carbocycles. The first kappa shape index (κ1) is 12.3. The molecule has 0 bridgehead atoms. The maximum Gasteiger partial charge on any atom is 0.254 e. The molecule has 0 radical (unpaired) electrons. The highest BCUT2D eigenvalue weighted by atomic mass is 19.3. The Morgan fingerprint density at radius 2 is 2.00 bits per heavy atom. The topological polar surface area (TPSA) is 32.3 Å². The van der Waals surface area contributed by atoms with Crippen LogP contribution in [0.5, 0.6) is 5.75 Å². The van der Waals surface area contributed by atoms with Gasteiger partial charge in [-0.15, -0.1) is 0 Å². The molecule has 2 nitrogen and oxygen atoms in total. The molecule has 1 aromatic rings. The standard InChI is InChI=1S/C13H17F2NO/c14-13(15,11-4-6-16-7-5-11)9-10-2-1-3-12(17)8-10/h1-3,8,11,16-17H,4-7,9H2. The van der Waals surface area contributed by atoms with E-state index in [0.29, 0.717) is 31.5 Å². The van der Waals surface area contributed by atoms with Gasteiger partial charge in [-0.3, -0.25) is 0 Å².